The largest absolute Gasteiger partial charge is 0.355 e. The molecular weight excluding hydrogens is 403 g/mol. The Morgan fingerprint density at radius 2 is 1.67 bits per heavy atom. The number of carbonyl (C=O) groups is 1. The topological polar surface area (TPSA) is 75.3 Å². The van der Waals surface area contributed by atoms with Crippen LogP contribution in [0.5, 0.6) is 0 Å². The fourth-order valence-corrected chi connectivity index (χ4v) is 3.46. The maximum absolute atomic E-state index is 12.3. The van der Waals surface area contributed by atoms with Crippen molar-refractivity contribution in [2.75, 3.05) is 11.8 Å². The molecule has 0 radical (unpaired) electrons. The number of hydrogen-bond donors (Lipinski definition) is 2. The van der Waals surface area contributed by atoms with Crippen LogP contribution in [-0.2, 0) is 10.0 Å². The van der Waals surface area contributed by atoms with Gasteiger partial charge in [0, 0.05) is 16.2 Å². The van der Waals surface area contributed by atoms with Gasteiger partial charge in [0.1, 0.15) is 0 Å². The average molecular weight is 416 g/mol. The number of carbonyl (C=O) groups excluding carboxylic acids is 1. The molecule has 1 amide bonds. The molecule has 0 aromatic heterocycles. The molecule has 0 aliphatic rings. The first kappa shape index (κ1) is 15.8. The summed E-state index contributed by atoms with van der Waals surface area (Å²) in [6.07, 6.45) is 0. The van der Waals surface area contributed by atoms with Gasteiger partial charge in [-0.25, -0.2) is 8.42 Å². The molecule has 2 aromatic rings. The molecule has 21 heavy (non-hydrogen) atoms. The van der Waals surface area contributed by atoms with Crippen LogP contribution in [0.25, 0.3) is 0 Å². The number of halogens is 1. The van der Waals surface area contributed by atoms with E-state index in [2.05, 4.69) is 32.6 Å². The van der Waals surface area contributed by atoms with Gasteiger partial charge in [-0.15, -0.1) is 0 Å². The van der Waals surface area contributed by atoms with Crippen molar-refractivity contribution >= 4 is 44.2 Å². The maximum Gasteiger partial charge on any atom is 0.261 e. The van der Waals surface area contributed by atoms with Crippen molar-refractivity contribution < 1.29 is 13.2 Å². The van der Waals surface area contributed by atoms with Crippen molar-refractivity contribution in [3.05, 3.63) is 57.7 Å². The second kappa shape index (κ2) is 6.44. The molecule has 0 unspecified atom stereocenters. The van der Waals surface area contributed by atoms with Gasteiger partial charge in [0.15, 0.2) is 0 Å². The first-order valence-electron chi connectivity index (χ1n) is 6.03. The fraction of sp³-hybridized carbons (Fsp3) is 0.0714. The number of nitrogens with one attached hydrogen (secondary N) is 2. The molecule has 0 fully saturated rings. The zero-order valence-corrected chi connectivity index (χ0v) is 14.1. The summed E-state index contributed by atoms with van der Waals surface area (Å²) >= 11 is 2.06. The van der Waals surface area contributed by atoms with Crippen molar-refractivity contribution in [2.24, 2.45) is 0 Å². The third kappa shape index (κ3) is 3.73. The highest BCUT2D eigenvalue weighted by Gasteiger charge is 2.16. The first-order chi connectivity index (χ1) is 9.94. The summed E-state index contributed by atoms with van der Waals surface area (Å²) in [5.74, 6) is -0.260. The van der Waals surface area contributed by atoms with E-state index in [4.69, 9.17) is 0 Å². The maximum atomic E-state index is 12.3. The minimum atomic E-state index is -3.67. The van der Waals surface area contributed by atoms with Gasteiger partial charge in [-0.05, 0) is 59.0 Å². The Kier molecular flexibility index (Phi) is 4.84. The van der Waals surface area contributed by atoms with E-state index in [0.29, 0.717) is 11.3 Å². The molecule has 5 nitrogen and oxygen atoms in total. The number of anilines is 1. The van der Waals surface area contributed by atoms with Crippen molar-refractivity contribution in [2.45, 2.75) is 4.90 Å². The number of sulfonamides is 1. The lowest BCUT2D eigenvalue weighted by Gasteiger charge is -2.10. The highest BCUT2D eigenvalue weighted by molar-refractivity contribution is 14.1. The summed E-state index contributed by atoms with van der Waals surface area (Å²) in [7, 11) is -2.15. The van der Waals surface area contributed by atoms with Crippen LogP contribution >= 0.6 is 22.6 Å². The molecule has 2 aromatic carbocycles. The van der Waals surface area contributed by atoms with E-state index in [0.717, 1.165) is 3.57 Å². The average Bonchev–Trinajstić information content (AvgIpc) is 2.49. The fourth-order valence-electron chi connectivity index (χ4n) is 1.68. The summed E-state index contributed by atoms with van der Waals surface area (Å²) in [5.41, 5.74) is 0.930. The summed E-state index contributed by atoms with van der Waals surface area (Å²) in [4.78, 5) is 11.5. The zero-order chi connectivity index (χ0) is 15.5. The minimum absolute atomic E-state index is 0.106. The van der Waals surface area contributed by atoms with Crippen LogP contribution in [0.3, 0.4) is 0 Å². The second-order valence-electron chi connectivity index (χ2n) is 4.19. The van der Waals surface area contributed by atoms with Gasteiger partial charge in [0.05, 0.1) is 10.6 Å². The SMILES string of the molecule is CNC(=O)c1ccc(S(=O)(=O)Nc2ccccc2I)cc1. The van der Waals surface area contributed by atoms with Gasteiger partial charge in [-0.2, -0.15) is 0 Å². The standard InChI is InChI=1S/C14H13IN2O3S/c1-16-14(18)10-6-8-11(9-7-10)21(19,20)17-13-5-3-2-4-12(13)15/h2-9,17H,1H3,(H,16,18). The van der Waals surface area contributed by atoms with Crippen LogP contribution in [-0.4, -0.2) is 21.4 Å². The van der Waals surface area contributed by atoms with E-state index in [1.54, 1.807) is 12.1 Å². The predicted molar refractivity (Wildman–Crippen MR) is 89.8 cm³/mol. The van der Waals surface area contributed by atoms with Crippen molar-refractivity contribution in [1.29, 1.82) is 0 Å². The molecule has 0 spiro atoms. The number of hydrogen-bond acceptors (Lipinski definition) is 3. The lowest BCUT2D eigenvalue weighted by atomic mass is 10.2. The molecule has 0 saturated carbocycles. The van der Waals surface area contributed by atoms with Crippen LogP contribution in [0.4, 0.5) is 5.69 Å². The summed E-state index contributed by atoms with van der Waals surface area (Å²) in [5, 5.41) is 2.48. The lowest BCUT2D eigenvalue weighted by molar-refractivity contribution is 0.0963. The van der Waals surface area contributed by atoms with Gasteiger partial charge >= 0.3 is 0 Å². The van der Waals surface area contributed by atoms with E-state index in [1.165, 1.54) is 31.3 Å². The highest BCUT2D eigenvalue weighted by atomic mass is 127. The van der Waals surface area contributed by atoms with E-state index in [9.17, 15) is 13.2 Å². The van der Waals surface area contributed by atoms with E-state index >= 15 is 0 Å². The lowest BCUT2D eigenvalue weighted by Crippen LogP contribution is -2.18. The third-order valence-electron chi connectivity index (χ3n) is 2.77. The molecule has 0 aliphatic carbocycles. The van der Waals surface area contributed by atoms with Gasteiger partial charge in [-0.1, -0.05) is 12.1 Å². The Morgan fingerprint density at radius 3 is 2.24 bits per heavy atom. The normalized spacial score (nSPS) is 11.0. The smallest absolute Gasteiger partial charge is 0.261 e. The van der Waals surface area contributed by atoms with E-state index in [-0.39, 0.29) is 10.8 Å². The Labute approximate surface area is 137 Å². The van der Waals surface area contributed by atoms with Crippen molar-refractivity contribution in [3.8, 4) is 0 Å². The van der Waals surface area contributed by atoms with Gasteiger partial charge in [0.25, 0.3) is 15.9 Å². The molecule has 2 N–H and O–H groups in total. The summed E-state index contributed by atoms with van der Waals surface area (Å²) < 4.78 is 27.9. The van der Waals surface area contributed by atoms with Crippen LogP contribution in [0.15, 0.2) is 53.4 Å². The quantitative estimate of drug-likeness (QED) is 0.753. The number of amides is 1. The first-order valence-corrected chi connectivity index (χ1v) is 8.60. The monoisotopic (exact) mass is 416 g/mol. The van der Waals surface area contributed by atoms with Crippen molar-refractivity contribution in [3.63, 3.8) is 0 Å². The van der Waals surface area contributed by atoms with Gasteiger partial charge in [0.2, 0.25) is 0 Å². The second-order valence-corrected chi connectivity index (χ2v) is 7.03. The molecular formula is C14H13IN2O3S. The number of benzene rings is 2. The van der Waals surface area contributed by atoms with Crippen LogP contribution in [0, 0.1) is 3.57 Å². The Balaban J connectivity index is 2.28. The number of rotatable bonds is 4. The molecule has 2 rings (SSSR count). The van der Waals surface area contributed by atoms with Crippen LogP contribution in [0.2, 0.25) is 0 Å². The third-order valence-corrected chi connectivity index (χ3v) is 5.09. The van der Waals surface area contributed by atoms with E-state index in [1.807, 2.05) is 12.1 Å². The predicted octanol–water partition coefficient (Wildman–Crippen LogP) is 2.45. The summed E-state index contributed by atoms with van der Waals surface area (Å²) in [6.45, 7) is 0. The number of para-hydroxylation sites is 1. The molecule has 0 aliphatic heterocycles. The van der Waals surface area contributed by atoms with Crippen LogP contribution in [0.1, 0.15) is 10.4 Å². The molecule has 0 saturated heterocycles. The van der Waals surface area contributed by atoms with Gasteiger partial charge < -0.3 is 5.32 Å². The molecule has 110 valence electrons. The molecule has 0 heterocycles. The molecule has 0 bridgehead atoms. The van der Waals surface area contributed by atoms with E-state index < -0.39 is 10.0 Å². The Bertz CT molecular complexity index is 758. The van der Waals surface area contributed by atoms with Crippen LogP contribution < -0.4 is 10.0 Å². The van der Waals surface area contributed by atoms with Crippen molar-refractivity contribution in [1.82, 2.24) is 5.32 Å². The zero-order valence-electron chi connectivity index (χ0n) is 11.1. The highest BCUT2D eigenvalue weighted by Crippen LogP contribution is 2.21. The summed E-state index contributed by atoms with van der Waals surface area (Å²) in [6, 6.07) is 12.9. The minimum Gasteiger partial charge on any atom is -0.355 e. The molecule has 7 heteroatoms. The van der Waals surface area contributed by atoms with Gasteiger partial charge in [-0.3, -0.25) is 9.52 Å². The molecule has 0 atom stereocenters. The Hall–Kier alpha value is -1.61. The Morgan fingerprint density at radius 1 is 1.05 bits per heavy atom.